The maximum absolute atomic E-state index is 9.69. The van der Waals surface area contributed by atoms with E-state index in [0.717, 1.165) is 32.7 Å². The number of nitriles is 1. The van der Waals surface area contributed by atoms with Gasteiger partial charge in [-0.1, -0.05) is 54.6 Å². The molecular weight excluding hydrogens is 340 g/mol. The summed E-state index contributed by atoms with van der Waals surface area (Å²) in [5, 5.41) is 13.9. The zero-order valence-electron chi connectivity index (χ0n) is 16.4. The lowest BCUT2D eigenvalue weighted by atomic mass is 9.95. The molecule has 28 heavy (non-hydrogen) atoms. The van der Waals surface area contributed by atoms with E-state index in [9.17, 15) is 5.26 Å². The van der Waals surface area contributed by atoms with Crippen LogP contribution in [0.4, 0.5) is 5.69 Å². The molecule has 0 aromatic heterocycles. The zero-order chi connectivity index (χ0) is 19.7. The quantitative estimate of drug-likeness (QED) is 0.307. The van der Waals surface area contributed by atoms with E-state index in [1.165, 1.54) is 16.8 Å². The van der Waals surface area contributed by atoms with E-state index in [1.807, 2.05) is 32.3 Å². The highest BCUT2D eigenvalue weighted by atomic mass is 15.1. The molecule has 0 unspecified atom stereocenters. The van der Waals surface area contributed by atoms with Gasteiger partial charge in [-0.2, -0.15) is 5.26 Å². The summed E-state index contributed by atoms with van der Waals surface area (Å²) in [6.45, 7) is 2.13. The predicted octanol–water partition coefficient (Wildman–Crippen LogP) is 6.49. The molecule has 0 aliphatic rings. The highest BCUT2D eigenvalue weighted by Gasteiger charge is 2.07. The SMILES string of the molecule is CC(=Cc1ccc2c(C#N)c3ccccc3cc2c1)c1ccc(N(C)C)cc1. The smallest absolute Gasteiger partial charge is 0.100 e. The molecule has 0 saturated carbocycles. The Hall–Kier alpha value is -3.57. The average Bonchev–Trinajstić information content (AvgIpc) is 2.71. The Bertz CT molecular complexity index is 1240. The lowest BCUT2D eigenvalue weighted by Crippen LogP contribution is -2.08. The lowest BCUT2D eigenvalue weighted by molar-refractivity contribution is 1.13. The molecule has 0 amide bonds. The van der Waals surface area contributed by atoms with Crippen molar-refractivity contribution in [3.63, 3.8) is 0 Å². The van der Waals surface area contributed by atoms with Crippen LogP contribution in [0.3, 0.4) is 0 Å². The first-order chi connectivity index (χ1) is 13.6. The van der Waals surface area contributed by atoms with Gasteiger partial charge in [0, 0.05) is 30.6 Å². The molecule has 4 aromatic carbocycles. The minimum absolute atomic E-state index is 0.750. The molecule has 0 atom stereocenters. The third kappa shape index (κ3) is 3.23. The molecule has 0 bridgehead atoms. The maximum Gasteiger partial charge on any atom is 0.100 e. The van der Waals surface area contributed by atoms with Gasteiger partial charge in [-0.3, -0.25) is 0 Å². The van der Waals surface area contributed by atoms with E-state index in [1.54, 1.807) is 0 Å². The average molecular weight is 362 g/mol. The first-order valence-electron chi connectivity index (χ1n) is 9.38. The summed E-state index contributed by atoms with van der Waals surface area (Å²) in [6, 6.07) is 27.6. The van der Waals surface area contributed by atoms with Crippen LogP contribution in [0.5, 0.6) is 0 Å². The Kier molecular flexibility index (Phi) is 4.59. The number of allylic oxidation sites excluding steroid dienone is 1. The molecule has 2 nitrogen and oxygen atoms in total. The van der Waals surface area contributed by atoms with Crippen LogP contribution in [0.15, 0.2) is 72.8 Å². The van der Waals surface area contributed by atoms with Crippen molar-refractivity contribution in [2.24, 2.45) is 0 Å². The Labute approximate surface area is 166 Å². The van der Waals surface area contributed by atoms with Crippen molar-refractivity contribution >= 4 is 38.9 Å². The highest BCUT2D eigenvalue weighted by molar-refractivity contribution is 6.05. The monoisotopic (exact) mass is 362 g/mol. The van der Waals surface area contributed by atoms with Crippen molar-refractivity contribution in [1.82, 2.24) is 0 Å². The normalized spacial score (nSPS) is 11.6. The van der Waals surface area contributed by atoms with Gasteiger partial charge in [0.2, 0.25) is 0 Å². The second kappa shape index (κ2) is 7.21. The molecule has 136 valence electrons. The van der Waals surface area contributed by atoms with Gasteiger partial charge in [0.25, 0.3) is 0 Å². The number of hydrogen-bond acceptors (Lipinski definition) is 2. The summed E-state index contributed by atoms with van der Waals surface area (Å²) in [5.74, 6) is 0. The molecular formula is C26H22N2. The van der Waals surface area contributed by atoms with Crippen molar-refractivity contribution < 1.29 is 0 Å². The van der Waals surface area contributed by atoms with Crippen LogP contribution in [0, 0.1) is 11.3 Å². The standard InChI is InChI=1S/C26H22N2/c1-18(20-9-11-23(12-10-20)28(2)3)14-19-8-13-25-22(15-19)16-21-6-4-5-7-24(21)26(25)17-27/h4-16H,1-3H3. The van der Waals surface area contributed by atoms with E-state index in [-0.39, 0.29) is 0 Å². The van der Waals surface area contributed by atoms with Crippen molar-refractivity contribution in [1.29, 1.82) is 5.26 Å². The van der Waals surface area contributed by atoms with Gasteiger partial charge >= 0.3 is 0 Å². The van der Waals surface area contributed by atoms with Gasteiger partial charge in [-0.15, -0.1) is 0 Å². The van der Waals surface area contributed by atoms with E-state index in [2.05, 4.69) is 78.6 Å². The van der Waals surface area contributed by atoms with Crippen molar-refractivity contribution in [2.45, 2.75) is 6.92 Å². The first kappa shape index (κ1) is 17.8. The van der Waals surface area contributed by atoms with Crippen molar-refractivity contribution in [3.8, 4) is 6.07 Å². The number of anilines is 1. The number of hydrogen-bond donors (Lipinski definition) is 0. The maximum atomic E-state index is 9.69. The van der Waals surface area contributed by atoms with Crippen molar-refractivity contribution in [2.75, 3.05) is 19.0 Å². The molecule has 0 radical (unpaired) electrons. The number of nitrogens with zero attached hydrogens (tertiary/aromatic N) is 2. The Morgan fingerprint density at radius 2 is 1.57 bits per heavy atom. The third-order valence-electron chi connectivity index (χ3n) is 5.22. The number of benzene rings is 4. The molecule has 0 aliphatic carbocycles. The van der Waals surface area contributed by atoms with E-state index in [0.29, 0.717) is 0 Å². The fourth-order valence-corrected chi connectivity index (χ4v) is 3.66. The molecule has 0 saturated heterocycles. The molecule has 0 aliphatic heterocycles. The fraction of sp³-hybridized carbons (Fsp3) is 0.115. The van der Waals surface area contributed by atoms with Crippen LogP contribution in [-0.4, -0.2) is 14.1 Å². The summed E-state index contributed by atoms with van der Waals surface area (Å²) in [4.78, 5) is 2.10. The first-order valence-corrected chi connectivity index (χ1v) is 9.38. The van der Waals surface area contributed by atoms with Crippen LogP contribution >= 0.6 is 0 Å². The minimum atomic E-state index is 0.750. The van der Waals surface area contributed by atoms with E-state index < -0.39 is 0 Å². The third-order valence-corrected chi connectivity index (χ3v) is 5.22. The van der Waals surface area contributed by atoms with E-state index in [4.69, 9.17) is 0 Å². The Balaban J connectivity index is 1.78. The second-order valence-electron chi connectivity index (χ2n) is 7.33. The summed E-state index contributed by atoms with van der Waals surface area (Å²) in [5.41, 5.74) is 5.51. The molecule has 4 aromatic rings. The van der Waals surface area contributed by atoms with Gasteiger partial charge in [-0.25, -0.2) is 0 Å². The van der Waals surface area contributed by atoms with Crippen molar-refractivity contribution in [3.05, 3.63) is 89.5 Å². The highest BCUT2D eigenvalue weighted by Crippen LogP contribution is 2.30. The summed E-state index contributed by atoms with van der Waals surface area (Å²) < 4.78 is 0. The Morgan fingerprint density at radius 3 is 2.29 bits per heavy atom. The fourth-order valence-electron chi connectivity index (χ4n) is 3.66. The van der Waals surface area contributed by atoms with Gasteiger partial charge in [0.1, 0.15) is 6.07 Å². The molecule has 2 heteroatoms. The second-order valence-corrected chi connectivity index (χ2v) is 7.33. The van der Waals surface area contributed by atoms with Crippen LogP contribution in [0.2, 0.25) is 0 Å². The molecule has 4 rings (SSSR count). The van der Waals surface area contributed by atoms with Gasteiger partial charge < -0.3 is 4.90 Å². The van der Waals surface area contributed by atoms with Crippen LogP contribution in [0.1, 0.15) is 23.6 Å². The minimum Gasteiger partial charge on any atom is -0.378 e. The topological polar surface area (TPSA) is 27.0 Å². The number of fused-ring (bicyclic) bond motifs is 2. The van der Waals surface area contributed by atoms with Crippen LogP contribution < -0.4 is 4.90 Å². The molecule has 0 N–H and O–H groups in total. The van der Waals surface area contributed by atoms with Crippen LogP contribution in [-0.2, 0) is 0 Å². The number of rotatable bonds is 3. The van der Waals surface area contributed by atoms with Gasteiger partial charge in [-0.05, 0) is 58.7 Å². The predicted molar refractivity (Wildman–Crippen MR) is 120 cm³/mol. The largest absolute Gasteiger partial charge is 0.378 e. The van der Waals surface area contributed by atoms with Crippen LogP contribution in [0.25, 0.3) is 33.2 Å². The summed E-state index contributed by atoms with van der Waals surface area (Å²) in [6.07, 6.45) is 2.20. The molecule has 0 fully saturated rings. The van der Waals surface area contributed by atoms with Gasteiger partial charge in [0.05, 0.1) is 5.56 Å². The molecule has 0 spiro atoms. The van der Waals surface area contributed by atoms with Gasteiger partial charge in [0.15, 0.2) is 0 Å². The lowest BCUT2D eigenvalue weighted by Gasteiger charge is -2.13. The Morgan fingerprint density at radius 1 is 0.857 bits per heavy atom. The summed E-state index contributed by atoms with van der Waals surface area (Å²) in [7, 11) is 4.10. The molecule has 0 heterocycles. The zero-order valence-corrected chi connectivity index (χ0v) is 16.4. The van der Waals surface area contributed by atoms with E-state index >= 15 is 0 Å². The summed E-state index contributed by atoms with van der Waals surface area (Å²) >= 11 is 0.